The van der Waals surface area contributed by atoms with Crippen molar-refractivity contribution in [2.24, 2.45) is 0 Å². The molecule has 1 amide bonds. The maximum atomic E-state index is 11.9. The van der Waals surface area contributed by atoms with Gasteiger partial charge in [0.05, 0.1) is 13.5 Å². The number of hydrogen-bond donors (Lipinski definition) is 1. The van der Waals surface area contributed by atoms with Crippen molar-refractivity contribution in [3.63, 3.8) is 0 Å². The molecule has 0 saturated carbocycles. The van der Waals surface area contributed by atoms with E-state index in [1.54, 1.807) is 32.9 Å². The zero-order valence-electron chi connectivity index (χ0n) is 13.3. The summed E-state index contributed by atoms with van der Waals surface area (Å²) in [5.74, 6) is -0.393. The fourth-order valence-electron chi connectivity index (χ4n) is 1.84. The lowest BCUT2D eigenvalue weighted by Gasteiger charge is -2.23. The van der Waals surface area contributed by atoms with E-state index >= 15 is 0 Å². The fourth-order valence-corrected chi connectivity index (χ4v) is 1.96. The average Bonchev–Trinajstić information content (AvgIpc) is 2.38. The third-order valence-electron chi connectivity index (χ3n) is 2.76. The Bertz CT molecular complexity index is 508. The van der Waals surface area contributed by atoms with E-state index in [0.29, 0.717) is 11.4 Å². The van der Waals surface area contributed by atoms with Crippen molar-refractivity contribution in [2.45, 2.75) is 45.3 Å². The summed E-state index contributed by atoms with van der Waals surface area (Å²) in [5, 5.41) is 3.34. The van der Waals surface area contributed by atoms with Gasteiger partial charge in [-0.1, -0.05) is 23.7 Å². The van der Waals surface area contributed by atoms with Crippen LogP contribution in [0, 0.1) is 0 Å². The first-order chi connectivity index (χ1) is 10.2. The van der Waals surface area contributed by atoms with E-state index in [-0.39, 0.29) is 6.42 Å². The molecule has 0 aliphatic carbocycles. The van der Waals surface area contributed by atoms with Crippen LogP contribution in [0.1, 0.15) is 32.8 Å². The molecule has 0 heterocycles. The summed E-state index contributed by atoms with van der Waals surface area (Å²) >= 11 is 5.85. The van der Waals surface area contributed by atoms with Crippen molar-refractivity contribution in [3.05, 3.63) is 34.9 Å². The second kappa shape index (κ2) is 8.03. The van der Waals surface area contributed by atoms with Gasteiger partial charge in [0.2, 0.25) is 0 Å². The maximum Gasteiger partial charge on any atom is 0.407 e. The lowest BCUT2D eigenvalue weighted by molar-refractivity contribution is -0.141. The lowest BCUT2D eigenvalue weighted by atomic mass is 10.0. The van der Waals surface area contributed by atoms with Gasteiger partial charge in [0.15, 0.2) is 0 Å². The molecule has 5 nitrogen and oxygen atoms in total. The Morgan fingerprint density at radius 2 is 1.82 bits per heavy atom. The second-order valence-electron chi connectivity index (χ2n) is 5.95. The Morgan fingerprint density at radius 3 is 2.32 bits per heavy atom. The van der Waals surface area contributed by atoms with Crippen LogP contribution in [0.2, 0.25) is 5.02 Å². The second-order valence-corrected chi connectivity index (χ2v) is 6.39. The van der Waals surface area contributed by atoms with Crippen LogP contribution < -0.4 is 5.32 Å². The number of benzene rings is 1. The van der Waals surface area contributed by atoms with Gasteiger partial charge in [0, 0.05) is 11.1 Å². The molecule has 22 heavy (non-hydrogen) atoms. The molecule has 0 aliphatic heterocycles. The Hall–Kier alpha value is -1.75. The van der Waals surface area contributed by atoms with Gasteiger partial charge in [-0.3, -0.25) is 4.79 Å². The van der Waals surface area contributed by atoms with Crippen LogP contribution in [0.15, 0.2) is 24.3 Å². The highest BCUT2D eigenvalue weighted by atomic mass is 35.5. The van der Waals surface area contributed by atoms with Gasteiger partial charge in [0.25, 0.3) is 0 Å². The van der Waals surface area contributed by atoms with Gasteiger partial charge >= 0.3 is 12.1 Å². The summed E-state index contributed by atoms with van der Waals surface area (Å²) in [7, 11) is 1.31. The van der Waals surface area contributed by atoms with E-state index in [2.05, 4.69) is 10.1 Å². The van der Waals surface area contributed by atoms with Gasteiger partial charge in [-0.15, -0.1) is 0 Å². The lowest BCUT2D eigenvalue weighted by Crippen LogP contribution is -2.41. The molecule has 1 atom stereocenters. The van der Waals surface area contributed by atoms with E-state index in [1.165, 1.54) is 7.11 Å². The molecular weight excluding hydrogens is 306 g/mol. The zero-order chi connectivity index (χ0) is 16.8. The maximum absolute atomic E-state index is 11.9. The van der Waals surface area contributed by atoms with Crippen molar-refractivity contribution in [2.75, 3.05) is 7.11 Å². The van der Waals surface area contributed by atoms with Crippen molar-refractivity contribution >= 4 is 23.7 Å². The van der Waals surface area contributed by atoms with E-state index in [1.807, 2.05) is 12.1 Å². The largest absolute Gasteiger partial charge is 0.469 e. The van der Waals surface area contributed by atoms with Gasteiger partial charge < -0.3 is 14.8 Å². The Morgan fingerprint density at radius 1 is 1.23 bits per heavy atom. The topological polar surface area (TPSA) is 64.6 Å². The molecule has 0 unspecified atom stereocenters. The van der Waals surface area contributed by atoms with Gasteiger partial charge in [-0.25, -0.2) is 4.79 Å². The van der Waals surface area contributed by atoms with Crippen LogP contribution in [-0.2, 0) is 20.7 Å². The minimum Gasteiger partial charge on any atom is -0.469 e. The number of ether oxygens (including phenoxy) is 2. The minimum absolute atomic E-state index is 0.0678. The number of carbonyl (C=O) groups is 2. The number of hydrogen-bond acceptors (Lipinski definition) is 4. The quantitative estimate of drug-likeness (QED) is 0.842. The monoisotopic (exact) mass is 327 g/mol. The molecule has 0 saturated heterocycles. The molecule has 6 heteroatoms. The number of halogens is 1. The Kier molecular flexibility index (Phi) is 6.68. The molecule has 1 aromatic carbocycles. The fraction of sp³-hybridized carbons (Fsp3) is 0.500. The number of nitrogens with one attached hydrogen (secondary N) is 1. The molecule has 0 radical (unpaired) electrons. The summed E-state index contributed by atoms with van der Waals surface area (Å²) in [6, 6.07) is 6.81. The molecule has 1 N–H and O–H groups in total. The van der Waals surface area contributed by atoms with Gasteiger partial charge in [0.1, 0.15) is 5.60 Å². The third-order valence-corrected chi connectivity index (χ3v) is 3.01. The number of esters is 1. The summed E-state index contributed by atoms with van der Waals surface area (Å²) in [5.41, 5.74) is 0.356. The molecule has 1 rings (SSSR count). The van der Waals surface area contributed by atoms with E-state index in [0.717, 1.165) is 5.56 Å². The summed E-state index contributed by atoms with van der Waals surface area (Å²) < 4.78 is 9.88. The average molecular weight is 328 g/mol. The van der Waals surface area contributed by atoms with E-state index in [9.17, 15) is 9.59 Å². The van der Waals surface area contributed by atoms with Crippen LogP contribution in [0.4, 0.5) is 4.79 Å². The first-order valence-corrected chi connectivity index (χ1v) is 7.38. The van der Waals surface area contributed by atoms with Crippen LogP contribution in [0.5, 0.6) is 0 Å². The van der Waals surface area contributed by atoms with Gasteiger partial charge in [-0.2, -0.15) is 0 Å². The highest BCUT2D eigenvalue weighted by molar-refractivity contribution is 6.30. The highest BCUT2D eigenvalue weighted by Crippen LogP contribution is 2.13. The normalized spacial score (nSPS) is 12.4. The molecule has 1 aromatic rings. The smallest absolute Gasteiger partial charge is 0.407 e. The molecule has 0 bridgehead atoms. The summed E-state index contributed by atoms with van der Waals surface area (Å²) in [6.07, 6.45) is -0.0143. The summed E-state index contributed by atoms with van der Waals surface area (Å²) in [4.78, 5) is 23.4. The Labute approximate surface area is 135 Å². The number of methoxy groups -OCH3 is 1. The number of alkyl carbamates (subject to hydrolysis) is 1. The van der Waals surface area contributed by atoms with Crippen LogP contribution >= 0.6 is 11.6 Å². The van der Waals surface area contributed by atoms with Crippen molar-refractivity contribution in [1.29, 1.82) is 0 Å². The third kappa shape index (κ3) is 7.31. The molecule has 0 fully saturated rings. The van der Waals surface area contributed by atoms with Crippen LogP contribution in [0.25, 0.3) is 0 Å². The first kappa shape index (κ1) is 18.3. The number of rotatable bonds is 5. The van der Waals surface area contributed by atoms with Gasteiger partial charge in [-0.05, 0) is 44.9 Å². The summed E-state index contributed by atoms with van der Waals surface area (Å²) in [6.45, 7) is 5.34. The molecule has 0 aromatic heterocycles. The molecule has 122 valence electrons. The van der Waals surface area contributed by atoms with Crippen LogP contribution in [-0.4, -0.2) is 30.8 Å². The highest BCUT2D eigenvalue weighted by Gasteiger charge is 2.22. The van der Waals surface area contributed by atoms with Crippen molar-refractivity contribution in [3.8, 4) is 0 Å². The SMILES string of the molecule is COC(=O)C[C@H](Cc1ccc(Cl)cc1)NC(=O)OC(C)(C)C. The van der Waals surface area contributed by atoms with Crippen molar-refractivity contribution < 1.29 is 19.1 Å². The molecular formula is C16H22ClNO4. The Balaban J connectivity index is 2.73. The molecule has 0 aliphatic rings. The number of carbonyl (C=O) groups excluding carboxylic acids is 2. The van der Waals surface area contributed by atoms with Crippen LogP contribution in [0.3, 0.4) is 0 Å². The van der Waals surface area contributed by atoms with Crippen molar-refractivity contribution in [1.82, 2.24) is 5.32 Å². The first-order valence-electron chi connectivity index (χ1n) is 7.00. The van der Waals surface area contributed by atoms with E-state index < -0.39 is 23.7 Å². The van der Waals surface area contributed by atoms with E-state index in [4.69, 9.17) is 16.3 Å². The number of amides is 1. The zero-order valence-corrected chi connectivity index (χ0v) is 14.1. The predicted octanol–water partition coefficient (Wildman–Crippen LogP) is 3.34. The standard InChI is InChI=1S/C16H22ClNO4/c1-16(2,3)22-15(20)18-13(10-14(19)21-4)9-11-5-7-12(17)8-6-11/h5-8,13H,9-10H2,1-4H3,(H,18,20)/t13-/m0/s1. The predicted molar refractivity (Wildman–Crippen MR) is 84.9 cm³/mol. The molecule has 0 spiro atoms. The minimum atomic E-state index is -0.597.